The van der Waals surface area contributed by atoms with Gasteiger partial charge in [0.1, 0.15) is 0 Å². The monoisotopic (exact) mass is 217 g/mol. The van der Waals surface area contributed by atoms with Crippen molar-refractivity contribution in [2.75, 3.05) is 12.3 Å². The highest BCUT2D eigenvalue weighted by Gasteiger charge is 2.06. The van der Waals surface area contributed by atoms with Gasteiger partial charge in [-0.25, -0.2) is 0 Å². The van der Waals surface area contributed by atoms with Crippen LogP contribution in [0.3, 0.4) is 0 Å². The van der Waals surface area contributed by atoms with Gasteiger partial charge < -0.3 is 10.5 Å². The third-order valence-corrected chi connectivity index (χ3v) is 1.84. The van der Waals surface area contributed by atoms with Crippen molar-refractivity contribution in [1.29, 1.82) is 0 Å². The van der Waals surface area contributed by atoms with Crippen molar-refractivity contribution in [1.82, 2.24) is 19.9 Å². The Morgan fingerprint density at radius 3 is 2.62 bits per heavy atom. The zero-order chi connectivity index (χ0) is 11.4. The van der Waals surface area contributed by atoms with Crippen molar-refractivity contribution in [3.8, 4) is 17.4 Å². The Morgan fingerprint density at radius 1 is 1.19 bits per heavy atom. The number of nitrogens with zero attached hydrogens (tertiary/aromatic N) is 4. The fourth-order valence-electron chi connectivity index (χ4n) is 1.20. The first kappa shape index (κ1) is 10.3. The van der Waals surface area contributed by atoms with Gasteiger partial charge in [-0.15, -0.1) is 0 Å². The lowest BCUT2D eigenvalue weighted by Crippen LogP contribution is -2.04. The van der Waals surface area contributed by atoms with Crippen LogP contribution in [0.1, 0.15) is 6.92 Å². The highest BCUT2D eigenvalue weighted by molar-refractivity contribution is 5.54. The van der Waals surface area contributed by atoms with E-state index in [1.807, 2.05) is 6.92 Å². The zero-order valence-corrected chi connectivity index (χ0v) is 8.79. The van der Waals surface area contributed by atoms with Crippen molar-refractivity contribution in [3.05, 3.63) is 24.5 Å². The van der Waals surface area contributed by atoms with Crippen LogP contribution in [-0.4, -0.2) is 26.5 Å². The normalized spacial score (nSPS) is 10.1. The third-order valence-electron chi connectivity index (χ3n) is 1.84. The number of aromatic nitrogens is 4. The van der Waals surface area contributed by atoms with Gasteiger partial charge in [0.25, 0.3) is 0 Å². The number of nitrogens with two attached hydrogens (primary N) is 1. The lowest BCUT2D eigenvalue weighted by Gasteiger charge is -2.04. The summed E-state index contributed by atoms with van der Waals surface area (Å²) in [7, 11) is 0. The van der Waals surface area contributed by atoms with Gasteiger partial charge in [-0.1, -0.05) is 0 Å². The van der Waals surface area contributed by atoms with Crippen LogP contribution in [0.15, 0.2) is 24.5 Å². The third kappa shape index (κ3) is 2.22. The summed E-state index contributed by atoms with van der Waals surface area (Å²) < 4.78 is 5.19. The topological polar surface area (TPSA) is 86.8 Å². The Balaban J connectivity index is 2.41. The summed E-state index contributed by atoms with van der Waals surface area (Å²) in [5.74, 6) is 0.628. The van der Waals surface area contributed by atoms with Crippen LogP contribution < -0.4 is 10.5 Å². The van der Waals surface area contributed by atoms with Crippen molar-refractivity contribution in [2.24, 2.45) is 0 Å². The molecular weight excluding hydrogens is 206 g/mol. The fraction of sp³-hybridized carbons (Fsp3) is 0.200. The number of ether oxygens (including phenoxy) is 1. The first-order valence-electron chi connectivity index (χ1n) is 4.84. The average Bonchev–Trinajstić information content (AvgIpc) is 2.30. The first-order chi connectivity index (χ1) is 7.79. The van der Waals surface area contributed by atoms with Gasteiger partial charge in [-0.2, -0.15) is 15.0 Å². The van der Waals surface area contributed by atoms with E-state index >= 15 is 0 Å². The minimum Gasteiger partial charge on any atom is -0.464 e. The molecule has 0 radical (unpaired) electrons. The summed E-state index contributed by atoms with van der Waals surface area (Å²) in [4.78, 5) is 16.0. The van der Waals surface area contributed by atoms with Crippen molar-refractivity contribution in [3.63, 3.8) is 0 Å². The molecule has 0 amide bonds. The molecule has 0 aliphatic rings. The molecule has 0 saturated carbocycles. The molecule has 2 aromatic heterocycles. The number of pyridine rings is 1. The average molecular weight is 217 g/mol. The van der Waals surface area contributed by atoms with E-state index < -0.39 is 0 Å². The van der Waals surface area contributed by atoms with Gasteiger partial charge >= 0.3 is 6.01 Å². The van der Waals surface area contributed by atoms with E-state index in [1.54, 1.807) is 24.5 Å². The number of hydrogen-bond acceptors (Lipinski definition) is 6. The lowest BCUT2D eigenvalue weighted by molar-refractivity contribution is 0.312. The van der Waals surface area contributed by atoms with E-state index in [0.29, 0.717) is 12.4 Å². The zero-order valence-electron chi connectivity index (χ0n) is 8.79. The maximum atomic E-state index is 5.57. The predicted octanol–water partition coefficient (Wildman–Crippen LogP) is 0.914. The van der Waals surface area contributed by atoms with Crippen LogP contribution in [0.5, 0.6) is 6.01 Å². The fourth-order valence-corrected chi connectivity index (χ4v) is 1.20. The number of anilines is 1. The van der Waals surface area contributed by atoms with Gasteiger partial charge in [0.2, 0.25) is 5.95 Å². The molecule has 0 aliphatic carbocycles. The first-order valence-corrected chi connectivity index (χ1v) is 4.84. The van der Waals surface area contributed by atoms with E-state index in [0.717, 1.165) is 5.56 Å². The second-order valence-corrected chi connectivity index (χ2v) is 2.97. The van der Waals surface area contributed by atoms with Crippen LogP contribution in [0.25, 0.3) is 11.4 Å². The Kier molecular flexibility index (Phi) is 2.90. The molecule has 6 nitrogen and oxygen atoms in total. The van der Waals surface area contributed by atoms with Crippen LogP contribution in [0, 0.1) is 0 Å². The smallest absolute Gasteiger partial charge is 0.321 e. The highest BCUT2D eigenvalue weighted by atomic mass is 16.5. The van der Waals surface area contributed by atoms with E-state index in [9.17, 15) is 0 Å². The standard InChI is InChI=1S/C10H11N5O/c1-2-16-10-14-8(13-9(11)15-10)7-3-5-12-6-4-7/h3-6H,2H2,1H3,(H2,11,13,14,15). The van der Waals surface area contributed by atoms with Crippen molar-refractivity contribution in [2.45, 2.75) is 6.92 Å². The number of rotatable bonds is 3. The molecule has 2 heterocycles. The largest absolute Gasteiger partial charge is 0.464 e. The summed E-state index contributed by atoms with van der Waals surface area (Å²) in [6.07, 6.45) is 3.32. The lowest BCUT2D eigenvalue weighted by atomic mass is 10.2. The molecule has 16 heavy (non-hydrogen) atoms. The van der Waals surface area contributed by atoms with Crippen LogP contribution in [0.2, 0.25) is 0 Å². The van der Waals surface area contributed by atoms with Crippen molar-refractivity contribution >= 4 is 5.95 Å². The molecule has 0 spiro atoms. The second-order valence-electron chi connectivity index (χ2n) is 2.97. The Hall–Kier alpha value is -2.24. The molecule has 2 rings (SSSR count). The van der Waals surface area contributed by atoms with Crippen LogP contribution >= 0.6 is 0 Å². The molecule has 0 bridgehead atoms. The Bertz CT molecular complexity index is 474. The molecule has 0 saturated heterocycles. The summed E-state index contributed by atoms with van der Waals surface area (Å²) in [6, 6.07) is 3.83. The second kappa shape index (κ2) is 4.52. The molecule has 0 fully saturated rings. The van der Waals surface area contributed by atoms with Gasteiger partial charge in [0.05, 0.1) is 6.61 Å². The quantitative estimate of drug-likeness (QED) is 0.822. The molecule has 0 atom stereocenters. The summed E-state index contributed by atoms with van der Waals surface area (Å²) in [6.45, 7) is 2.34. The van der Waals surface area contributed by atoms with E-state index in [1.165, 1.54) is 0 Å². The number of nitrogen functional groups attached to an aromatic ring is 1. The van der Waals surface area contributed by atoms with Gasteiger partial charge in [0, 0.05) is 18.0 Å². The van der Waals surface area contributed by atoms with Gasteiger partial charge in [0.15, 0.2) is 5.82 Å². The molecule has 0 aliphatic heterocycles. The molecule has 0 aromatic carbocycles. The summed E-state index contributed by atoms with van der Waals surface area (Å²) in [5.41, 5.74) is 6.39. The minimum atomic E-state index is 0.144. The predicted molar refractivity (Wildman–Crippen MR) is 58.6 cm³/mol. The Labute approximate surface area is 92.6 Å². The molecule has 0 unspecified atom stereocenters. The molecule has 2 N–H and O–H groups in total. The minimum absolute atomic E-state index is 0.144. The molecule has 82 valence electrons. The number of hydrogen-bond donors (Lipinski definition) is 1. The SMILES string of the molecule is CCOc1nc(N)nc(-c2ccncc2)n1. The summed E-state index contributed by atoms with van der Waals surface area (Å²) in [5, 5.41) is 0. The van der Waals surface area contributed by atoms with E-state index in [-0.39, 0.29) is 12.0 Å². The molecule has 2 aromatic rings. The van der Waals surface area contributed by atoms with Gasteiger partial charge in [-0.05, 0) is 19.1 Å². The van der Waals surface area contributed by atoms with E-state index in [4.69, 9.17) is 10.5 Å². The maximum absolute atomic E-state index is 5.57. The van der Waals surface area contributed by atoms with E-state index in [2.05, 4.69) is 19.9 Å². The molecular formula is C10H11N5O. The highest BCUT2D eigenvalue weighted by Crippen LogP contribution is 2.16. The van der Waals surface area contributed by atoms with Crippen LogP contribution in [-0.2, 0) is 0 Å². The molecule has 6 heteroatoms. The Morgan fingerprint density at radius 2 is 1.94 bits per heavy atom. The van der Waals surface area contributed by atoms with Gasteiger partial charge in [-0.3, -0.25) is 4.98 Å². The van der Waals surface area contributed by atoms with Crippen molar-refractivity contribution < 1.29 is 4.74 Å². The van der Waals surface area contributed by atoms with Crippen LogP contribution in [0.4, 0.5) is 5.95 Å². The maximum Gasteiger partial charge on any atom is 0.321 e. The summed E-state index contributed by atoms with van der Waals surface area (Å²) >= 11 is 0.